The molecule has 0 aliphatic carbocycles. The fourth-order valence-corrected chi connectivity index (χ4v) is 7.90. The van der Waals surface area contributed by atoms with Crippen LogP contribution in [0.3, 0.4) is 0 Å². The van der Waals surface area contributed by atoms with Crippen molar-refractivity contribution in [3.63, 3.8) is 0 Å². The molecule has 336 valence electrons. The molecule has 4 nitrogen and oxygen atoms in total. The van der Waals surface area contributed by atoms with Gasteiger partial charge in [-0.2, -0.15) is 0 Å². The first-order chi connectivity index (χ1) is 35.0. The van der Waals surface area contributed by atoms with Gasteiger partial charge in [-0.25, -0.2) is 4.98 Å². The summed E-state index contributed by atoms with van der Waals surface area (Å²) in [6, 6.07) is 28.6. The van der Waals surface area contributed by atoms with E-state index in [9.17, 15) is 9.22 Å². The number of fused-ring (bicyclic) bond motifs is 1. The Morgan fingerprint density at radius 3 is 2.05 bits per heavy atom. The standard InChI is InChI=1S/C60H64N3O.Pt/c1-37(2)43-33-49(38(3)4)56(64)51(34-43)57-62-55-48(44-30-45(32-47(31-44)58(6,7)8)52-35-42(28-29-61-52)40-24-22-39(5)23-25-40)20-17-21-54(55)63(57)53-27-26-46(60(12,13)59(9,10)11)36-50(53)41-18-15-14-16-19-41;/h14-29,31-38,64H,1-13H3;/q-1;/i5D3,22D,23D,24D,25D,28D,29D,35D,37D,38D;. The number of imidazole rings is 1. The second-order valence-corrected chi connectivity index (χ2v) is 19.7. The minimum absolute atomic E-state index is 0. The van der Waals surface area contributed by atoms with Crippen LogP contribution in [-0.2, 0) is 31.9 Å². The van der Waals surface area contributed by atoms with Gasteiger partial charge in [0.1, 0.15) is 11.6 Å². The average molecular weight is 1050 g/mol. The van der Waals surface area contributed by atoms with E-state index in [4.69, 9.17) is 17.3 Å². The first kappa shape index (κ1) is 33.8. The third-order valence-corrected chi connectivity index (χ3v) is 12.8. The second-order valence-electron chi connectivity index (χ2n) is 19.7. The van der Waals surface area contributed by atoms with Gasteiger partial charge in [0.25, 0.3) is 0 Å². The van der Waals surface area contributed by atoms with Gasteiger partial charge >= 0.3 is 0 Å². The van der Waals surface area contributed by atoms with E-state index in [1.165, 1.54) is 0 Å². The van der Waals surface area contributed by atoms with Crippen molar-refractivity contribution in [2.75, 3.05) is 0 Å². The van der Waals surface area contributed by atoms with Crippen molar-refractivity contribution in [2.24, 2.45) is 5.41 Å². The van der Waals surface area contributed by atoms with E-state index in [0.717, 1.165) is 27.9 Å². The van der Waals surface area contributed by atoms with E-state index >= 15 is 0 Å². The Bertz CT molecular complexity index is 3600. The van der Waals surface area contributed by atoms with E-state index in [1.54, 1.807) is 45.9 Å². The molecule has 8 rings (SSSR count). The SMILES string of the molecule is [2H]c1nc(-c2[c-]c(-c3cccc4c3nc(-c3cc(C([2H])(C)C)cc(C([2H])(C)C)c3O)n4-c3ccc(C(C)(C)C(C)(C)C)cc3-c3ccccc3)cc(C(C)(C)C)c2)c([2H])c(-c2c([2H])c([2H])c(C([2H])([2H])[2H])c([2H])c2[2H])c1[2H].[Pt]. The molecule has 0 fully saturated rings. The van der Waals surface area contributed by atoms with Crippen molar-refractivity contribution in [1.82, 2.24) is 14.5 Å². The average Bonchev–Trinajstić information content (AvgIpc) is 3.71. The molecule has 0 saturated heterocycles. The van der Waals surface area contributed by atoms with Gasteiger partial charge in [-0.1, -0.05) is 185 Å². The summed E-state index contributed by atoms with van der Waals surface area (Å²) in [5.41, 5.74) is 5.34. The zero-order valence-corrected chi connectivity index (χ0v) is 41.5. The number of hydrogen-bond donors (Lipinski definition) is 1. The summed E-state index contributed by atoms with van der Waals surface area (Å²) in [7, 11) is 0. The Morgan fingerprint density at radius 2 is 1.40 bits per heavy atom. The molecule has 0 saturated carbocycles. The van der Waals surface area contributed by atoms with Crippen LogP contribution in [0.5, 0.6) is 5.75 Å². The fourth-order valence-electron chi connectivity index (χ4n) is 7.90. The molecule has 0 aliphatic rings. The number of hydrogen-bond acceptors (Lipinski definition) is 3. The van der Waals surface area contributed by atoms with Gasteiger partial charge in [0.2, 0.25) is 0 Å². The number of aromatic nitrogens is 3. The first-order valence-electron chi connectivity index (χ1n) is 27.7. The van der Waals surface area contributed by atoms with Crippen LogP contribution in [0.4, 0.5) is 0 Å². The van der Waals surface area contributed by atoms with Crippen molar-refractivity contribution < 1.29 is 42.6 Å². The van der Waals surface area contributed by atoms with Crippen LogP contribution in [0, 0.1) is 18.3 Å². The molecule has 5 heteroatoms. The zero-order valence-electron chi connectivity index (χ0n) is 51.3. The van der Waals surface area contributed by atoms with E-state index in [1.807, 2.05) is 67.8 Å². The number of rotatable bonds is 9. The predicted molar refractivity (Wildman–Crippen MR) is 271 cm³/mol. The molecule has 0 radical (unpaired) electrons. The maximum Gasteiger partial charge on any atom is 0.148 e. The third kappa shape index (κ3) is 9.17. The molecule has 0 aliphatic heterocycles. The summed E-state index contributed by atoms with van der Waals surface area (Å²) in [6.45, 7) is 21.1. The van der Waals surface area contributed by atoms with Gasteiger partial charge in [-0.3, -0.25) is 9.55 Å². The Labute approximate surface area is 419 Å². The summed E-state index contributed by atoms with van der Waals surface area (Å²) in [5.74, 6) is -2.22. The zero-order chi connectivity index (χ0) is 56.3. The fraction of sp³-hybridized carbons (Fsp3) is 0.300. The van der Waals surface area contributed by atoms with Gasteiger partial charge in [0.05, 0.1) is 31.9 Å². The van der Waals surface area contributed by atoms with Gasteiger partial charge in [0.15, 0.2) is 0 Å². The molecule has 1 N–H and O–H groups in total. The molecule has 65 heavy (non-hydrogen) atoms. The summed E-state index contributed by atoms with van der Waals surface area (Å²) in [6.07, 6.45) is -0.612. The molecule has 2 heterocycles. The van der Waals surface area contributed by atoms with Crippen LogP contribution >= 0.6 is 0 Å². The number of aromatic hydroxyl groups is 1. The van der Waals surface area contributed by atoms with E-state index in [-0.39, 0.29) is 48.9 Å². The first-order valence-corrected chi connectivity index (χ1v) is 21.7. The second kappa shape index (κ2) is 18.0. The molecule has 0 unspecified atom stereocenters. The number of phenols is 1. The monoisotopic (exact) mass is 1050 g/mol. The summed E-state index contributed by atoms with van der Waals surface area (Å²) in [4.78, 5) is 9.90. The maximum atomic E-state index is 12.5. The maximum absolute atomic E-state index is 12.5. The summed E-state index contributed by atoms with van der Waals surface area (Å²) in [5, 5.41) is 12.5. The van der Waals surface area contributed by atoms with Crippen LogP contribution in [0.1, 0.15) is 139 Å². The van der Waals surface area contributed by atoms with E-state index < -0.39 is 83.2 Å². The molecule has 8 aromatic rings. The number of pyridine rings is 1. The van der Waals surface area contributed by atoms with Crippen molar-refractivity contribution in [3.05, 3.63) is 167 Å². The Hall–Kier alpha value is -5.57. The summed E-state index contributed by atoms with van der Waals surface area (Å²) < 4.78 is 107. The molecule has 0 amide bonds. The number of phenolic OH excluding ortho intramolecular Hbond substituents is 1. The molecule has 0 spiro atoms. The number of benzene rings is 6. The Balaban J connectivity index is 0.00000861. The van der Waals surface area contributed by atoms with Crippen molar-refractivity contribution in [1.29, 1.82) is 0 Å². The van der Waals surface area contributed by atoms with Gasteiger partial charge < -0.3 is 5.11 Å². The van der Waals surface area contributed by atoms with E-state index in [2.05, 4.69) is 76.0 Å². The van der Waals surface area contributed by atoms with Crippen LogP contribution in [-0.4, -0.2) is 19.6 Å². The molecule has 0 atom stereocenters. The smallest absolute Gasteiger partial charge is 0.148 e. The van der Waals surface area contributed by atoms with Crippen molar-refractivity contribution >= 4 is 11.0 Å². The van der Waals surface area contributed by atoms with E-state index in [0.29, 0.717) is 44.7 Å². The molecular weight excluding hydrogens is 974 g/mol. The van der Waals surface area contributed by atoms with Crippen molar-refractivity contribution in [3.8, 4) is 67.5 Å². The number of nitrogens with zero attached hydrogens (tertiary/aromatic N) is 3. The normalized spacial score (nSPS) is 15.4. The van der Waals surface area contributed by atoms with Crippen LogP contribution in [0.25, 0.3) is 72.7 Å². The minimum atomic E-state index is -2.99. The molecule has 0 bridgehead atoms. The van der Waals surface area contributed by atoms with Gasteiger partial charge in [-0.15, -0.1) is 29.3 Å². The van der Waals surface area contributed by atoms with Crippen LogP contribution < -0.4 is 0 Å². The minimum Gasteiger partial charge on any atom is -0.507 e. The third-order valence-electron chi connectivity index (χ3n) is 12.8. The Kier molecular flexibility index (Phi) is 9.38. The molecular formula is C60H64N3OPt-. The summed E-state index contributed by atoms with van der Waals surface area (Å²) >= 11 is 0. The predicted octanol–water partition coefficient (Wildman–Crippen LogP) is 16.4. The number of para-hydroxylation sites is 1. The van der Waals surface area contributed by atoms with Gasteiger partial charge in [0, 0.05) is 45.3 Å². The van der Waals surface area contributed by atoms with Gasteiger partial charge in [-0.05, 0) is 98.6 Å². The largest absolute Gasteiger partial charge is 0.507 e. The van der Waals surface area contributed by atoms with Crippen LogP contribution in [0.2, 0.25) is 0 Å². The Morgan fingerprint density at radius 1 is 0.692 bits per heavy atom. The molecule has 2 aromatic heterocycles. The van der Waals surface area contributed by atoms with Crippen LogP contribution in [0.15, 0.2) is 133 Å². The quantitative estimate of drug-likeness (QED) is 0.147. The topological polar surface area (TPSA) is 50.9 Å². The van der Waals surface area contributed by atoms with Crippen molar-refractivity contribution in [2.45, 2.75) is 113 Å². The molecule has 6 aromatic carbocycles.